The van der Waals surface area contributed by atoms with Gasteiger partial charge in [0, 0.05) is 10.6 Å². The predicted octanol–water partition coefficient (Wildman–Crippen LogP) is 7.54. The van der Waals surface area contributed by atoms with E-state index in [4.69, 9.17) is 21.1 Å². The number of halogens is 1. The van der Waals surface area contributed by atoms with Crippen molar-refractivity contribution >= 4 is 55.7 Å². The molecule has 7 nitrogen and oxygen atoms in total. The van der Waals surface area contributed by atoms with E-state index in [1.165, 1.54) is 16.2 Å². The predicted molar refractivity (Wildman–Crippen MR) is 158 cm³/mol. The average molecular weight is 577 g/mol. The van der Waals surface area contributed by atoms with Crippen LogP contribution in [0.2, 0.25) is 5.02 Å². The minimum atomic E-state index is -0.892. The molecule has 2 heterocycles. The summed E-state index contributed by atoms with van der Waals surface area (Å²) < 4.78 is 12.1. The Morgan fingerprint density at radius 2 is 1.68 bits per heavy atom. The Morgan fingerprint density at radius 3 is 2.38 bits per heavy atom. The zero-order chi connectivity index (χ0) is 28.2. The highest BCUT2D eigenvalue weighted by atomic mass is 35.5. The molecule has 1 unspecified atom stereocenters. The second kappa shape index (κ2) is 12.1. The van der Waals surface area contributed by atoms with Crippen LogP contribution in [0, 0.1) is 0 Å². The fraction of sp³-hybridized carbons (Fsp3) is 0.258. The summed E-state index contributed by atoms with van der Waals surface area (Å²) >= 11 is 7.44. The third kappa shape index (κ3) is 5.55. The number of benzene rings is 3. The zero-order valence-corrected chi connectivity index (χ0v) is 23.8. The summed E-state index contributed by atoms with van der Waals surface area (Å²) in [5, 5.41) is 12.3. The number of aliphatic hydroxyl groups is 1. The highest BCUT2D eigenvalue weighted by molar-refractivity contribution is 7.22. The van der Waals surface area contributed by atoms with Crippen LogP contribution in [0.1, 0.15) is 50.3 Å². The molecule has 1 atom stereocenters. The minimum Gasteiger partial charge on any atom is -0.507 e. The molecular weight excluding hydrogens is 548 g/mol. The number of hydrogen-bond acceptors (Lipinski definition) is 7. The van der Waals surface area contributed by atoms with E-state index in [0.29, 0.717) is 51.5 Å². The number of ether oxygens (including phenoxy) is 2. The van der Waals surface area contributed by atoms with Crippen molar-refractivity contribution in [1.29, 1.82) is 0 Å². The number of aliphatic hydroxyl groups excluding tert-OH is 1. The SMILES string of the molecule is CCCCCOc1ccc(C2/C(=C(\O)c3ccc(OCC)cc3)C(=O)C(=O)N2c2nc3ccc(Cl)cc3s2)cc1. The average Bonchev–Trinajstić information content (AvgIpc) is 3.49. The highest BCUT2D eigenvalue weighted by Gasteiger charge is 2.48. The summed E-state index contributed by atoms with van der Waals surface area (Å²) in [6.45, 7) is 5.13. The minimum absolute atomic E-state index is 0.0111. The van der Waals surface area contributed by atoms with Gasteiger partial charge in [-0.05, 0) is 73.5 Å². The lowest BCUT2D eigenvalue weighted by atomic mass is 9.95. The van der Waals surface area contributed by atoms with Crippen LogP contribution in [0.25, 0.3) is 16.0 Å². The van der Waals surface area contributed by atoms with E-state index >= 15 is 0 Å². The third-order valence-electron chi connectivity index (χ3n) is 6.64. The van der Waals surface area contributed by atoms with Gasteiger partial charge in [-0.25, -0.2) is 4.98 Å². The molecular formula is C31H29ClN2O5S. The van der Waals surface area contributed by atoms with Crippen LogP contribution in [0.15, 0.2) is 72.3 Å². The molecule has 0 spiro atoms. The summed E-state index contributed by atoms with van der Waals surface area (Å²) in [4.78, 5) is 33.0. The quantitative estimate of drug-likeness (QED) is 0.0907. The number of hydrogen-bond donors (Lipinski definition) is 1. The summed E-state index contributed by atoms with van der Waals surface area (Å²) in [6.07, 6.45) is 3.15. The number of ketones is 1. The van der Waals surface area contributed by atoms with Crippen LogP contribution in [0.3, 0.4) is 0 Å². The van der Waals surface area contributed by atoms with Gasteiger partial charge in [-0.2, -0.15) is 0 Å². The number of Topliss-reactive ketones (excluding diaryl/α,β-unsaturated/α-hetero) is 1. The van der Waals surface area contributed by atoms with Crippen LogP contribution in [-0.2, 0) is 9.59 Å². The van der Waals surface area contributed by atoms with Crippen LogP contribution in [0.5, 0.6) is 11.5 Å². The summed E-state index contributed by atoms with van der Waals surface area (Å²) in [6, 6.07) is 18.4. The molecule has 1 saturated heterocycles. The van der Waals surface area contributed by atoms with Gasteiger partial charge in [0.25, 0.3) is 5.78 Å². The van der Waals surface area contributed by atoms with Crippen molar-refractivity contribution in [2.75, 3.05) is 18.1 Å². The molecule has 1 aliphatic rings. The Morgan fingerprint density at radius 1 is 0.975 bits per heavy atom. The number of unbranched alkanes of at least 4 members (excludes halogenated alkanes) is 2. The first-order chi connectivity index (χ1) is 19.4. The maximum Gasteiger partial charge on any atom is 0.301 e. The molecule has 206 valence electrons. The Labute approximate surface area is 241 Å². The van der Waals surface area contributed by atoms with Crippen molar-refractivity contribution in [3.8, 4) is 11.5 Å². The van der Waals surface area contributed by atoms with Crippen molar-refractivity contribution in [3.63, 3.8) is 0 Å². The van der Waals surface area contributed by atoms with Crippen molar-refractivity contribution in [3.05, 3.63) is 88.5 Å². The van der Waals surface area contributed by atoms with E-state index < -0.39 is 17.7 Å². The van der Waals surface area contributed by atoms with Crippen molar-refractivity contribution in [2.45, 2.75) is 39.2 Å². The lowest BCUT2D eigenvalue weighted by Gasteiger charge is -2.23. The number of nitrogens with zero attached hydrogens (tertiary/aromatic N) is 2. The van der Waals surface area contributed by atoms with Gasteiger partial charge in [-0.1, -0.05) is 54.8 Å². The Balaban J connectivity index is 1.58. The molecule has 4 aromatic rings. The van der Waals surface area contributed by atoms with Gasteiger partial charge in [0.2, 0.25) is 0 Å². The summed E-state index contributed by atoms with van der Waals surface area (Å²) in [5.41, 5.74) is 1.69. The molecule has 5 rings (SSSR count). The number of fused-ring (bicyclic) bond motifs is 1. The van der Waals surface area contributed by atoms with Crippen molar-refractivity contribution < 1.29 is 24.2 Å². The van der Waals surface area contributed by atoms with Gasteiger partial charge >= 0.3 is 5.91 Å². The highest BCUT2D eigenvalue weighted by Crippen LogP contribution is 2.44. The van der Waals surface area contributed by atoms with E-state index in [2.05, 4.69) is 11.9 Å². The molecule has 0 saturated carbocycles. The van der Waals surface area contributed by atoms with Gasteiger partial charge in [0.1, 0.15) is 17.3 Å². The lowest BCUT2D eigenvalue weighted by molar-refractivity contribution is -0.132. The molecule has 40 heavy (non-hydrogen) atoms. The molecule has 1 fully saturated rings. The maximum atomic E-state index is 13.5. The zero-order valence-electron chi connectivity index (χ0n) is 22.2. The number of amides is 1. The van der Waals surface area contributed by atoms with E-state index in [9.17, 15) is 14.7 Å². The molecule has 1 aliphatic heterocycles. The van der Waals surface area contributed by atoms with Gasteiger partial charge < -0.3 is 14.6 Å². The summed E-state index contributed by atoms with van der Waals surface area (Å²) in [5.74, 6) is -0.481. The molecule has 1 amide bonds. The Hall–Kier alpha value is -3.88. The third-order valence-corrected chi connectivity index (χ3v) is 7.89. The molecule has 9 heteroatoms. The monoisotopic (exact) mass is 576 g/mol. The smallest absolute Gasteiger partial charge is 0.301 e. The molecule has 1 N–H and O–H groups in total. The fourth-order valence-electron chi connectivity index (χ4n) is 4.65. The number of aromatic nitrogens is 1. The number of thiazole rings is 1. The van der Waals surface area contributed by atoms with Crippen LogP contribution in [0.4, 0.5) is 5.13 Å². The normalized spacial score (nSPS) is 16.6. The second-order valence-electron chi connectivity index (χ2n) is 9.36. The van der Waals surface area contributed by atoms with Gasteiger partial charge in [0.15, 0.2) is 5.13 Å². The lowest BCUT2D eigenvalue weighted by Crippen LogP contribution is -2.29. The van der Waals surface area contributed by atoms with Crippen LogP contribution < -0.4 is 14.4 Å². The number of carbonyl (C=O) groups excluding carboxylic acids is 2. The molecule has 1 aromatic heterocycles. The first-order valence-corrected chi connectivity index (χ1v) is 14.4. The van der Waals surface area contributed by atoms with Crippen LogP contribution in [-0.4, -0.2) is 35.0 Å². The fourth-order valence-corrected chi connectivity index (χ4v) is 5.92. The van der Waals surface area contributed by atoms with Gasteiger partial charge in [-0.3, -0.25) is 14.5 Å². The largest absolute Gasteiger partial charge is 0.507 e. The molecule has 0 aliphatic carbocycles. The maximum absolute atomic E-state index is 13.5. The Bertz CT molecular complexity index is 1560. The van der Waals surface area contributed by atoms with Gasteiger partial charge in [0.05, 0.1) is 35.0 Å². The topological polar surface area (TPSA) is 89.0 Å². The second-order valence-corrected chi connectivity index (χ2v) is 10.8. The first kappa shape index (κ1) is 27.7. The standard InChI is InChI=1S/C31H29ClN2O5S/c1-3-5-6-17-39-23-12-7-19(8-13-23)27-26(28(35)20-9-14-22(15-10-20)38-4-2)29(36)30(37)34(27)31-33-24-16-11-21(32)18-25(24)40-31/h7-16,18,27,35H,3-6,17H2,1-2H3/b28-26+. The van der Waals surface area contributed by atoms with E-state index in [1.54, 1.807) is 42.5 Å². The Kier molecular flexibility index (Phi) is 8.38. The van der Waals surface area contributed by atoms with Crippen molar-refractivity contribution in [2.24, 2.45) is 0 Å². The number of rotatable bonds is 10. The van der Waals surface area contributed by atoms with Crippen molar-refractivity contribution in [1.82, 2.24) is 4.98 Å². The number of carbonyl (C=O) groups is 2. The number of anilines is 1. The summed E-state index contributed by atoms with van der Waals surface area (Å²) in [7, 11) is 0. The molecule has 0 bridgehead atoms. The first-order valence-electron chi connectivity index (χ1n) is 13.2. The van der Waals surface area contributed by atoms with Crippen LogP contribution >= 0.6 is 22.9 Å². The van der Waals surface area contributed by atoms with E-state index in [0.717, 1.165) is 24.0 Å². The van der Waals surface area contributed by atoms with Gasteiger partial charge in [-0.15, -0.1) is 0 Å². The van der Waals surface area contributed by atoms with E-state index in [-0.39, 0.29) is 11.3 Å². The van der Waals surface area contributed by atoms with E-state index in [1.807, 2.05) is 31.2 Å². The molecule has 0 radical (unpaired) electrons. The molecule has 3 aromatic carbocycles.